The van der Waals surface area contributed by atoms with Gasteiger partial charge in [0.1, 0.15) is 0 Å². The molecule has 1 amide bonds. The highest BCUT2D eigenvalue weighted by Gasteiger charge is 2.13. The monoisotopic (exact) mass is 319 g/mol. The Hall–Kier alpha value is -2.63. The normalized spacial score (nSPS) is 10.8. The summed E-state index contributed by atoms with van der Waals surface area (Å²) in [6, 6.07) is 9.57. The fourth-order valence-corrected chi connectivity index (χ4v) is 1.89. The van der Waals surface area contributed by atoms with Gasteiger partial charge in [-0.05, 0) is 18.4 Å². The fraction of sp³-hybridized carbons (Fsp3) is 0.353. The molecular weight excluding hydrogens is 298 g/mol. The molecule has 1 aromatic rings. The third-order valence-corrected chi connectivity index (χ3v) is 3.12. The molecule has 0 aliphatic carbocycles. The molecule has 0 aliphatic rings. The van der Waals surface area contributed by atoms with Crippen molar-refractivity contribution < 1.29 is 23.9 Å². The molecule has 0 fully saturated rings. The Labute approximate surface area is 135 Å². The number of nitrogens with one attached hydrogen (secondary N) is 1. The van der Waals surface area contributed by atoms with E-state index in [1.165, 1.54) is 14.2 Å². The van der Waals surface area contributed by atoms with Crippen molar-refractivity contribution in [1.29, 1.82) is 0 Å². The van der Waals surface area contributed by atoms with Crippen LogP contribution in [0.1, 0.15) is 24.8 Å². The lowest BCUT2D eigenvalue weighted by atomic mass is 10.1. The minimum absolute atomic E-state index is 0.115. The van der Waals surface area contributed by atoms with Crippen molar-refractivity contribution >= 4 is 17.8 Å². The maximum atomic E-state index is 11.8. The Kier molecular flexibility index (Phi) is 8.13. The number of hydrogen-bond donors (Lipinski definition) is 1. The average Bonchev–Trinajstić information content (AvgIpc) is 2.59. The van der Waals surface area contributed by atoms with E-state index >= 15 is 0 Å². The van der Waals surface area contributed by atoms with Crippen molar-refractivity contribution in [2.45, 2.75) is 25.8 Å². The van der Waals surface area contributed by atoms with Gasteiger partial charge in [0, 0.05) is 24.6 Å². The maximum Gasteiger partial charge on any atom is 0.333 e. The molecular formula is C17H21NO5. The van der Waals surface area contributed by atoms with Gasteiger partial charge in [-0.3, -0.25) is 4.79 Å². The lowest BCUT2D eigenvalue weighted by molar-refractivity contribution is -0.138. The molecule has 124 valence electrons. The van der Waals surface area contributed by atoms with Gasteiger partial charge in [0.25, 0.3) is 0 Å². The molecule has 0 unspecified atom stereocenters. The fourth-order valence-electron chi connectivity index (χ4n) is 1.89. The summed E-state index contributed by atoms with van der Waals surface area (Å²) in [7, 11) is 2.46. The van der Waals surface area contributed by atoms with E-state index in [4.69, 9.17) is 0 Å². The number of ether oxygens (including phenoxy) is 2. The number of benzene rings is 1. The Morgan fingerprint density at radius 3 is 2.35 bits per heavy atom. The number of hydrogen-bond acceptors (Lipinski definition) is 5. The highest BCUT2D eigenvalue weighted by atomic mass is 16.5. The van der Waals surface area contributed by atoms with E-state index < -0.39 is 11.9 Å². The van der Waals surface area contributed by atoms with Crippen molar-refractivity contribution in [3.8, 4) is 0 Å². The van der Waals surface area contributed by atoms with Crippen LogP contribution in [-0.4, -0.2) is 32.1 Å². The Morgan fingerprint density at radius 2 is 1.74 bits per heavy atom. The smallest absolute Gasteiger partial charge is 0.333 e. The summed E-state index contributed by atoms with van der Waals surface area (Å²) < 4.78 is 9.09. The van der Waals surface area contributed by atoms with Crippen molar-refractivity contribution in [2.75, 3.05) is 14.2 Å². The standard InChI is InChI=1S/C17H21NO5/c1-22-16(20)11-14(17(21)23-2)9-6-10-15(19)18-12-13-7-4-3-5-8-13/h3-5,7-8,11H,6,9-10,12H2,1-2H3,(H,18,19)/b14-11-. The van der Waals surface area contributed by atoms with Crippen LogP contribution in [0, 0.1) is 0 Å². The molecule has 1 aromatic carbocycles. The Balaban J connectivity index is 2.40. The molecule has 0 bridgehead atoms. The minimum atomic E-state index is -0.626. The van der Waals surface area contributed by atoms with E-state index in [-0.39, 0.29) is 24.3 Å². The molecule has 0 saturated carbocycles. The number of carbonyl (C=O) groups is 3. The van der Waals surface area contributed by atoms with Crippen LogP contribution in [-0.2, 0) is 30.4 Å². The second kappa shape index (κ2) is 10.2. The molecule has 0 saturated heterocycles. The Bertz CT molecular complexity index is 566. The van der Waals surface area contributed by atoms with Crippen molar-refractivity contribution in [2.24, 2.45) is 0 Å². The average molecular weight is 319 g/mol. The van der Waals surface area contributed by atoms with E-state index in [9.17, 15) is 14.4 Å². The van der Waals surface area contributed by atoms with E-state index in [2.05, 4.69) is 14.8 Å². The second-order valence-electron chi connectivity index (χ2n) is 4.80. The predicted octanol–water partition coefficient (Wildman–Crippen LogP) is 1.75. The second-order valence-corrected chi connectivity index (χ2v) is 4.80. The first kappa shape index (κ1) is 18.4. The van der Waals surface area contributed by atoms with E-state index in [1.54, 1.807) is 0 Å². The van der Waals surface area contributed by atoms with Gasteiger partial charge in [0.15, 0.2) is 0 Å². The molecule has 0 aromatic heterocycles. The summed E-state index contributed by atoms with van der Waals surface area (Å²) in [4.78, 5) is 34.5. The van der Waals surface area contributed by atoms with E-state index in [1.807, 2.05) is 30.3 Å². The molecule has 0 radical (unpaired) electrons. The van der Waals surface area contributed by atoms with Crippen LogP contribution >= 0.6 is 0 Å². The molecule has 1 N–H and O–H groups in total. The number of rotatable bonds is 8. The predicted molar refractivity (Wildman–Crippen MR) is 84.3 cm³/mol. The summed E-state index contributed by atoms with van der Waals surface area (Å²) in [5, 5.41) is 2.80. The first-order valence-corrected chi connectivity index (χ1v) is 7.24. The van der Waals surface area contributed by atoms with Crippen LogP contribution in [0.5, 0.6) is 0 Å². The van der Waals surface area contributed by atoms with Gasteiger partial charge in [-0.2, -0.15) is 0 Å². The molecule has 1 rings (SSSR count). The highest BCUT2D eigenvalue weighted by Crippen LogP contribution is 2.10. The summed E-state index contributed by atoms with van der Waals surface area (Å²) in [5.41, 5.74) is 1.21. The van der Waals surface area contributed by atoms with Gasteiger partial charge in [-0.1, -0.05) is 30.3 Å². The number of methoxy groups -OCH3 is 2. The maximum absolute atomic E-state index is 11.8. The minimum Gasteiger partial charge on any atom is -0.466 e. The van der Waals surface area contributed by atoms with Crippen LogP contribution in [0.4, 0.5) is 0 Å². The molecule has 6 heteroatoms. The van der Waals surface area contributed by atoms with Crippen LogP contribution in [0.25, 0.3) is 0 Å². The first-order chi connectivity index (χ1) is 11.1. The van der Waals surface area contributed by atoms with Crippen LogP contribution in [0.15, 0.2) is 42.0 Å². The van der Waals surface area contributed by atoms with Crippen LogP contribution in [0.3, 0.4) is 0 Å². The highest BCUT2D eigenvalue weighted by molar-refractivity contribution is 5.96. The molecule has 0 aliphatic heterocycles. The number of amides is 1. The zero-order chi connectivity index (χ0) is 17.1. The van der Waals surface area contributed by atoms with Gasteiger partial charge in [-0.25, -0.2) is 9.59 Å². The van der Waals surface area contributed by atoms with Gasteiger partial charge >= 0.3 is 11.9 Å². The third kappa shape index (κ3) is 7.26. The van der Waals surface area contributed by atoms with E-state index in [0.29, 0.717) is 13.0 Å². The third-order valence-electron chi connectivity index (χ3n) is 3.12. The van der Waals surface area contributed by atoms with E-state index in [0.717, 1.165) is 11.6 Å². The van der Waals surface area contributed by atoms with Gasteiger partial charge in [0.2, 0.25) is 5.91 Å². The lowest BCUT2D eigenvalue weighted by Crippen LogP contribution is -2.22. The summed E-state index contributed by atoms with van der Waals surface area (Å²) >= 11 is 0. The zero-order valence-corrected chi connectivity index (χ0v) is 13.3. The molecule has 0 spiro atoms. The van der Waals surface area contributed by atoms with Crippen LogP contribution < -0.4 is 5.32 Å². The molecule has 23 heavy (non-hydrogen) atoms. The lowest BCUT2D eigenvalue weighted by Gasteiger charge is -2.07. The summed E-state index contributed by atoms with van der Waals surface area (Å²) in [6.45, 7) is 0.460. The number of carbonyl (C=O) groups excluding carboxylic acids is 3. The zero-order valence-electron chi connectivity index (χ0n) is 13.3. The first-order valence-electron chi connectivity index (χ1n) is 7.24. The van der Waals surface area contributed by atoms with Gasteiger partial charge < -0.3 is 14.8 Å². The Morgan fingerprint density at radius 1 is 1.04 bits per heavy atom. The van der Waals surface area contributed by atoms with Crippen molar-refractivity contribution in [3.05, 3.63) is 47.5 Å². The number of esters is 2. The van der Waals surface area contributed by atoms with Crippen molar-refractivity contribution in [3.63, 3.8) is 0 Å². The molecule has 0 heterocycles. The van der Waals surface area contributed by atoms with Crippen molar-refractivity contribution in [1.82, 2.24) is 5.32 Å². The van der Waals surface area contributed by atoms with Gasteiger partial charge in [-0.15, -0.1) is 0 Å². The SMILES string of the molecule is COC(=O)/C=C(/CCCC(=O)NCc1ccccc1)C(=O)OC. The quantitative estimate of drug-likeness (QED) is 0.583. The summed E-state index contributed by atoms with van der Waals surface area (Å²) in [6.07, 6.45) is 2.04. The topological polar surface area (TPSA) is 81.7 Å². The summed E-state index contributed by atoms with van der Waals surface area (Å²) in [5.74, 6) is -1.34. The largest absolute Gasteiger partial charge is 0.466 e. The van der Waals surface area contributed by atoms with Crippen LogP contribution in [0.2, 0.25) is 0 Å². The van der Waals surface area contributed by atoms with Gasteiger partial charge in [0.05, 0.1) is 14.2 Å². The molecule has 0 atom stereocenters. The molecule has 6 nitrogen and oxygen atoms in total.